The molecule has 0 saturated carbocycles. The van der Waals surface area contributed by atoms with Gasteiger partial charge in [0.2, 0.25) is 0 Å². The summed E-state index contributed by atoms with van der Waals surface area (Å²) in [5, 5.41) is 17.5. The quantitative estimate of drug-likeness (QED) is 0.483. The molecule has 6 nitrogen and oxygen atoms in total. The number of nitrogens with zero attached hydrogens (tertiary/aromatic N) is 4. The molecule has 1 fully saturated rings. The molecule has 3 rings (SSSR count). The highest BCUT2D eigenvalue weighted by molar-refractivity contribution is 5.85. The molecule has 0 N–H and O–H groups in total. The predicted octanol–water partition coefficient (Wildman–Crippen LogP) is 3.99. The summed E-state index contributed by atoms with van der Waals surface area (Å²) in [4.78, 5) is 4.72. The molecule has 33 heavy (non-hydrogen) atoms. The Bertz CT molecular complexity index is 906. The van der Waals surface area contributed by atoms with Gasteiger partial charge < -0.3 is 19.3 Å². The SMILES string of the molecule is Cl.N#Cc1ccc(OCCCN2CCN(CCCOc3ccc(C#N)cc3F)CC2)c(F)c1. The minimum atomic E-state index is -0.511. The number of ether oxygens (including phenoxy) is 2. The van der Waals surface area contributed by atoms with E-state index >= 15 is 0 Å². The van der Waals surface area contributed by atoms with E-state index in [2.05, 4.69) is 9.80 Å². The van der Waals surface area contributed by atoms with Gasteiger partial charge in [-0.3, -0.25) is 0 Å². The maximum absolute atomic E-state index is 13.8. The van der Waals surface area contributed by atoms with Crippen molar-refractivity contribution in [3.8, 4) is 23.6 Å². The lowest BCUT2D eigenvalue weighted by Crippen LogP contribution is -2.47. The third-order valence-corrected chi connectivity index (χ3v) is 5.34. The molecule has 0 radical (unpaired) electrons. The van der Waals surface area contributed by atoms with E-state index in [0.717, 1.165) is 52.1 Å². The molecule has 1 aliphatic heterocycles. The van der Waals surface area contributed by atoms with Gasteiger partial charge >= 0.3 is 0 Å². The minimum Gasteiger partial charge on any atom is -0.490 e. The summed E-state index contributed by atoms with van der Waals surface area (Å²) in [6.07, 6.45) is 1.59. The van der Waals surface area contributed by atoms with Gasteiger partial charge in [-0.05, 0) is 49.2 Å². The zero-order valence-corrected chi connectivity index (χ0v) is 19.1. The second kappa shape index (κ2) is 13.6. The smallest absolute Gasteiger partial charge is 0.166 e. The summed E-state index contributed by atoms with van der Waals surface area (Å²) in [5.74, 6) is -0.666. The van der Waals surface area contributed by atoms with Gasteiger partial charge in [0.25, 0.3) is 0 Å². The first-order valence-electron chi connectivity index (χ1n) is 10.7. The van der Waals surface area contributed by atoms with Gasteiger partial charge in [-0.2, -0.15) is 10.5 Å². The van der Waals surface area contributed by atoms with Crippen molar-refractivity contribution in [3.63, 3.8) is 0 Å². The van der Waals surface area contributed by atoms with Crippen molar-refractivity contribution >= 4 is 12.4 Å². The van der Waals surface area contributed by atoms with Gasteiger partial charge in [-0.1, -0.05) is 0 Å². The maximum Gasteiger partial charge on any atom is 0.166 e. The lowest BCUT2D eigenvalue weighted by Gasteiger charge is -2.34. The summed E-state index contributed by atoms with van der Waals surface area (Å²) in [7, 11) is 0. The standard InChI is InChI=1S/C24H26F2N4O2.ClH/c25-21-15-19(17-27)3-5-23(21)31-13-1-7-29-9-11-30(12-10-29)8-2-14-32-24-6-4-20(18-28)16-22(24)26;/h3-6,15-16H,1-2,7-14H2;1H. The monoisotopic (exact) mass is 476 g/mol. The lowest BCUT2D eigenvalue weighted by molar-refractivity contribution is 0.120. The summed E-state index contributed by atoms with van der Waals surface area (Å²) in [5.41, 5.74) is 0.557. The molecule has 0 bridgehead atoms. The van der Waals surface area contributed by atoms with Gasteiger partial charge in [0.1, 0.15) is 0 Å². The second-order valence-corrected chi connectivity index (χ2v) is 7.60. The molecule has 0 amide bonds. The number of piperazine rings is 1. The van der Waals surface area contributed by atoms with E-state index in [4.69, 9.17) is 20.0 Å². The largest absolute Gasteiger partial charge is 0.490 e. The van der Waals surface area contributed by atoms with E-state index in [1.165, 1.54) is 24.3 Å². The Morgan fingerprint density at radius 2 is 1.12 bits per heavy atom. The summed E-state index contributed by atoms with van der Waals surface area (Å²) < 4.78 is 38.6. The average molecular weight is 477 g/mol. The molecule has 0 atom stereocenters. The Labute approximate surface area is 199 Å². The van der Waals surface area contributed by atoms with Crippen molar-refractivity contribution in [3.05, 3.63) is 59.2 Å². The summed E-state index contributed by atoms with van der Waals surface area (Å²) in [6.45, 7) is 6.43. The third kappa shape index (κ3) is 8.18. The van der Waals surface area contributed by atoms with Crippen molar-refractivity contribution in [1.82, 2.24) is 9.80 Å². The number of halogens is 3. The predicted molar refractivity (Wildman–Crippen MR) is 123 cm³/mol. The van der Waals surface area contributed by atoms with Crippen molar-refractivity contribution in [2.45, 2.75) is 12.8 Å². The van der Waals surface area contributed by atoms with E-state index in [0.29, 0.717) is 13.2 Å². The second-order valence-electron chi connectivity index (χ2n) is 7.60. The molecule has 9 heteroatoms. The Hall–Kier alpha value is -2.91. The van der Waals surface area contributed by atoms with Gasteiger partial charge in [0.15, 0.2) is 23.1 Å². The Balaban J connectivity index is 0.00000385. The molecule has 1 heterocycles. The van der Waals surface area contributed by atoms with Gasteiger partial charge in [0, 0.05) is 39.3 Å². The molecule has 2 aromatic carbocycles. The third-order valence-electron chi connectivity index (χ3n) is 5.34. The van der Waals surface area contributed by atoms with Gasteiger partial charge in [-0.15, -0.1) is 12.4 Å². The van der Waals surface area contributed by atoms with Gasteiger partial charge in [-0.25, -0.2) is 8.78 Å². The lowest BCUT2D eigenvalue weighted by atomic mass is 10.2. The average Bonchev–Trinajstić information content (AvgIpc) is 2.81. The molecular weight excluding hydrogens is 450 g/mol. The number of nitriles is 2. The van der Waals surface area contributed by atoms with Crippen LogP contribution in [0, 0.1) is 34.3 Å². The Morgan fingerprint density at radius 1 is 0.727 bits per heavy atom. The van der Waals surface area contributed by atoms with Gasteiger partial charge in [0.05, 0.1) is 36.5 Å². The van der Waals surface area contributed by atoms with E-state index in [-0.39, 0.29) is 35.0 Å². The van der Waals surface area contributed by atoms with Crippen LogP contribution in [-0.2, 0) is 0 Å². The van der Waals surface area contributed by atoms with Crippen molar-refractivity contribution in [1.29, 1.82) is 10.5 Å². The Kier molecular flexibility index (Phi) is 10.9. The highest BCUT2D eigenvalue weighted by atomic mass is 35.5. The first-order chi connectivity index (χ1) is 15.6. The van der Waals surface area contributed by atoms with Crippen LogP contribution in [0.5, 0.6) is 11.5 Å². The van der Waals surface area contributed by atoms with E-state index in [1.54, 1.807) is 12.1 Å². The molecule has 176 valence electrons. The normalized spacial score (nSPS) is 14.1. The fourth-order valence-corrected chi connectivity index (χ4v) is 3.55. The first-order valence-corrected chi connectivity index (χ1v) is 10.7. The zero-order valence-electron chi connectivity index (χ0n) is 18.3. The van der Waals surface area contributed by atoms with Crippen LogP contribution in [-0.4, -0.2) is 62.3 Å². The van der Waals surface area contributed by atoms with Crippen LogP contribution in [0.25, 0.3) is 0 Å². The van der Waals surface area contributed by atoms with E-state index in [9.17, 15) is 8.78 Å². The summed E-state index contributed by atoms with van der Waals surface area (Å²) >= 11 is 0. The molecule has 0 aliphatic carbocycles. The molecular formula is C24H27ClF2N4O2. The fraction of sp³-hybridized carbons (Fsp3) is 0.417. The Morgan fingerprint density at radius 3 is 1.45 bits per heavy atom. The van der Waals surface area contributed by atoms with E-state index in [1.807, 2.05) is 12.1 Å². The van der Waals surface area contributed by atoms with Crippen LogP contribution in [0.15, 0.2) is 36.4 Å². The van der Waals surface area contributed by atoms with Crippen LogP contribution < -0.4 is 9.47 Å². The molecule has 2 aromatic rings. The summed E-state index contributed by atoms with van der Waals surface area (Å²) in [6, 6.07) is 12.2. The topological polar surface area (TPSA) is 72.5 Å². The van der Waals surface area contributed by atoms with Crippen LogP contribution >= 0.6 is 12.4 Å². The van der Waals surface area contributed by atoms with Crippen molar-refractivity contribution < 1.29 is 18.3 Å². The van der Waals surface area contributed by atoms with Crippen LogP contribution in [0.2, 0.25) is 0 Å². The molecule has 0 spiro atoms. The molecule has 1 aliphatic rings. The number of rotatable bonds is 10. The number of benzene rings is 2. The minimum absolute atomic E-state index is 0. The van der Waals surface area contributed by atoms with Crippen molar-refractivity contribution in [2.24, 2.45) is 0 Å². The molecule has 0 unspecified atom stereocenters. The first kappa shape index (κ1) is 26.3. The van der Waals surface area contributed by atoms with E-state index < -0.39 is 11.6 Å². The number of hydrogen-bond acceptors (Lipinski definition) is 6. The maximum atomic E-state index is 13.8. The number of hydrogen-bond donors (Lipinski definition) is 0. The highest BCUT2D eigenvalue weighted by Crippen LogP contribution is 2.19. The molecule has 0 aromatic heterocycles. The van der Waals surface area contributed by atoms with Crippen molar-refractivity contribution in [2.75, 3.05) is 52.5 Å². The molecule has 1 saturated heterocycles. The van der Waals surface area contributed by atoms with Crippen LogP contribution in [0.4, 0.5) is 8.78 Å². The van der Waals surface area contributed by atoms with Crippen LogP contribution in [0.1, 0.15) is 24.0 Å². The zero-order chi connectivity index (χ0) is 22.8. The van der Waals surface area contributed by atoms with Crippen LogP contribution in [0.3, 0.4) is 0 Å². The fourth-order valence-electron chi connectivity index (χ4n) is 3.55. The highest BCUT2D eigenvalue weighted by Gasteiger charge is 2.16.